The normalized spacial score (nSPS) is 17.4. The van der Waals surface area contributed by atoms with E-state index in [1.165, 1.54) is 4.90 Å². The first-order chi connectivity index (χ1) is 16.3. The molecule has 1 fully saturated rings. The summed E-state index contributed by atoms with van der Waals surface area (Å²) in [5, 5.41) is 11.4. The lowest BCUT2D eigenvalue weighted by Crippen LogP contribution is -2.29. The van der Waals surface area contributed by atoms with E-state index in [1.807, 2.05) is 62.4 Å². The molecule has 4 rings (SSSR count). The number of rotatable bonds is 6. The van der Waals surface area contributed by atoms with Crippen LogP contribution in [0.4, 0.5) is 5.69 Å². The Balaban J connectivity index is 1.88. The average Bonchev–Trinajstić information content (AvgIpc) is 3.08. The molecule has 174 valence electrons. The number of carbonyl (C=O) groups excluding carboxylic acids is 2. The zero-order valence-electron chi connectivity index (χ0n) is 19.9. The first kappa shape index (κ1) is 23.3. The first-order valence-corrected chi connectivity index (χ1v) is 11.4. The number of hydrogen-bond acceptors (Lipinski definition) is 4. The molecule has 3 aromatic carbocycles. The van der Waals surface area contributed by atoms with Crippen LogP contribution in [0.3, 0.4) is 0 Å². The molecule has 0 spiro atoms. The van der Waals surface area contributed by atoms with Crippen molar-refractivity contribution in [2.45, 2.75) is 33.7 Å². The maximum absolute atomic E-state index is 13.3. The molecule has 1 N–H and O–H groups in total. The van der Waals surface area contributed by atoms with Gasteiger partial charge in [0.15, 0.2) is 0 Å². The lowest BCUT2D eigenvalue weighted by Gasteiger charge is -2.26. The van der Waals surface area contributed by atoms with Gasteiger partial charge in [-0.1, -0.05) is 67.9 Å². The topological polar surface area (TPSA) is 66.8 Å². The van der Waals surface area contributed by atoms with Gasteiger partial charge < -0.3 is 9.84 Å². The predicted molar refractivity (Wildman–Crippen MR) is 134 cm³/mol. The number of ether oxygens (including phenoxy) is 1. The van der Waals surface area contributed by atoms with Gasteiger partial charge in [-0.05, 0) is 55.2 Å². The summed E-state index contributed by atoms with van der Waals surface area (Å²) in [6.45, 7) is 8.53. The fraction of sp³-hybridized carbons (Fsp3) is 0.241. The molecule has 5 nitrogen and oxygen atoms in total. The minimum absolute atomic E-state index is 0.0677. The van der Waals surface area contributed by atoms with Crippen LogP contribution in [0.2, 0.25) is 0 Å². The summed E-state index contributed by atoms with van der Waals surface area (Å²) in [4.78, 5) is 28.1. The Kier molecular flexibility index (Phi) is 6.55. The quantitative estimate of drug-likeness (QED) is 0.283. The molecule has 1 saturated heterocycles. The van der Waals surface area contributed by atoms with E-state index in [0.29, 0.717) is 29.5 Å². The minimum atomic E-state index is -0.748. The van der Waals surface area contributed by atoms with Gasteiger partial charge in [0.25, 0.3) is 11.7 Å². The zero-order valence-corrected chi connectivity index (χ0v) is 19.9. The van der Waals surface area contributed by atoms with Crippen molar-refractivity contribution in [1.82, 2.24) is 0 Å². The third-order valence-corrected chi connectivity index (χ3v) is 5.77. The Bertz CT molecular complexity index is 1270. The molecule has 0 radical (unpaired) electrons. The van der Waals surface area contributed by atoms with Crippen LogP contribution in [-0.2, 0) is 9.59 Å². The molecule has 0 saturated carbocycles. The highest BCUT2D eigenvalue weighted by atomic mass is 16.5. The van der Waals surface area contributed by atoms with Crippen molar-refractivity contribution in [3.05, 3.63) is 101 Å². The van der Waals surface area contributed by atoms with E-state index in [-0.39, 0.29) is 11.3 Å². The predicted octanol–water partition coefficient (Wildman–Crippen LogP) is 5.96. The second-order valence-corrected chi connectivity index (χ2v) is 9.15. The molecule has 0 bridgehead atoms. The van der Waals surface area contributed by atoms with Gasteiger partial charge in [-0.25, -0.2) is 0 Å². The molecule has 0 aromatic heterocycles. The molecule has 1 atom stereocenters. The third kappa shape index (κ3) is 4.60. The lowest BCUT2D eigenvalue weighted by molar-refractivity contribution is -0.132. The summed E-state index contributed by atoms with van der Waals surface area (Å²) >= 11 is 0. The Morgan fingerprint density at radius 2 is 1.62 bits per heavy atom. The SMILES string of the molecule is Cc1cccc(C2/C(=C(\O)c3cccc(OCC(C)C)c3)C(=O)C(=O)N2c2cccc(C)c2)c1. The van der Waals surface area contributed by atoms with Gasteiger partial charge in [-0.2, -0.15) is 0 Å². The molecule has 1 aliphatic heterocycles. The van der Waals surface area contributed by atoms with E-state index >= 15 is 0 Å². The van der Waals surface area contributed by atoms with Crippen LogP contribution in [0.1, 0.15) is 42.1 Å². The number of aliphatic hydroxyl groups is 1. The summed E-state index contributed by atoms with van der Waals surface area (Å²) < 4.78 is 5.80. The number of anilines is 1. The van der Waals surface area contributed by atoms with Crippen LogP contribution in [0.25, 0.3) is 5.76 Å². The number of nitrogens with zero attached hydrogens (tertiary/aromatic N) is 1. The van der Waals surface area contributed by atoms with Crippen molar-refractivity contribution >= 4 is 23.1 Å². The maximum Gasteiger partial charge on any atom is 0.300 e. The van der Waals surface area contributed by atoms with Crippen molar-refractivity contribution in [3.8, 4) is 5.75 Å². The molecular formula is C29H29NO4. The minimum Gasteiger partial charge on any atom is -0.507 e. The summed E-state index contributed by atoms with van der Waals surface area (Å²) in [6.07, 6.45) is 0. The molecule has 1 amide bonds. The second-order valence-electron chi connectivity index (χ2n) is 9.15. The largest absolute Gasteiger partial charge is 0.507 e. The van der Waals surface area contributed by atoms with Gasteiger partial charge in [-0.3, -0.25) is 14.5 Å². The Morgan fingerprint density at radius 3 is 2.29 bits per heavy atom. The number of aryl methyl sites for hydroxylation is 2. The van der Waals surface area contributed by atoms with Crippen LogP contribution >= 0.6 is 0 Å². The number of ketones is 1. The molecule has 0 aliphatic carbocycles. The molecule has 3 aromatic rings. The van der Waals surface area contributed by atoms with Gasteiger partial charge in [0, 0.05) is 11.3 Å². The van der Waals surface area contributed by atoms with E-state index in [0.717, 1.165) is 16.7 Å². The van der Waals surface area contributed by atoms with Crippen molar-refractivity contribution in [2.75, 3.05) is 11.5 Å². The van der Waals surface area contributed by atoms with E-state index in [9.17, 15) is 14.7 Å². The molecule has 34 heavy (non-hydrogen) atoms. The standard InChI is InChI=1S/C29H29NO4/c1-18(2)17-34-24-13-7-11-22(16-24)27(31)25-26(21-10-5-8-19(3)14-21)30(29(33)28(25)32)23-12-6-9-20(4)15-23/h5-16,18,26,31H,17H2,1-4H3/b27-25+. The third-order valence-electron chi connectivity index (χ3n) is 5.77. The molecule has 1 heterocycles. The van der Waals surface area contributed by atoms with Gasteiger partial charge in [0.05, 0.1) is 18.2 Å². The highest BCUT2D eigenvalue weighted by Gasteiger charge is 2.47. The molecule has 5 heteroatoms. The van der Waals surface area contributed by atoms with Gasteiger partial charge in [-0.15, -0.1) is 0 Å². The van der Waals surface area contributed by atoms with Gasteiger partial charge in [0.1, 0.15) is 11.5 Å². The summed E-state index contributed by atoms with van der Waals surface area (Å²) in [6, 6.07) is 21.4. The van der Waals surface area contributed by atoms with E-state index in [1.54, 1.807) is 24.3 Å². The highest BCUT2D eigenvalue weighted by molar-refractivity contribution is 6.51. The number of hydrogen-bond donors (Lipinski definition) is 1. The smallest absolute Gasteiger partial charge is 0.300 e. The highest BCUT2D eigenvalue weighted by Crippen LogP contribution is 2.42. The zero-order chi connectivity index (χ0) is 24.4. The Labute approximate surface area is 200 Å². The summed E-state index contributed by atoms with van der Waals surface area (Å²) in [5.74, 6) is -0.643. The van der Waals surface area contributed by atoms with Gasteiger partial charge in [0.2, 0.25) is 0 Å². The van der Waals surface area contributed by atoms with Gasteiger partial charge >= 0.3 is 0 Å². The second kappa shape index (κ2) is 9.56. The number of benzene rings is 3. The van der Waals surface area contributed by atoms with Crippen molar-refractivity contribution in [2.24, 2.45) is 5.92 Å². The number of Topliss-reactive ketones (excluding diaryl/α,β-unsaturated/α-hetero) is 1. The Hall–Kier alpha value is -3.86. The van der Waals surface area contributed by atoms with E-state index < -0.39 is 17.7 Å². The summed E-state index contributed by atoms with van der Waals surface area (Å²) in [7, 11) is 0. The number of carbonyl (C=O) groups is 2. The van der Waals surface area contributed by atoms with Crippen molar-refractivity contribution in [1.29, 1.82) is 0 Å². The Morgan fingerprint density at radius 1 is 0.941 bits per heavy atom. The van der Waals surface area contributed by atoms with Crippen LogP contribution < -0.4 is 9.64 Å². The van der Waals surface area contributed by atoms with Crippen LogP contribution in [0.5, 0.6) is 5.75 Å². The molecule has 1 unspecified atom stereocenters. The van der Waals surface area contributed by atoms with Crippen LogP contribution in [0, 0.1) is 19.8 Å². The average molecular weight is 456 g/mol. The van der Waals surface area contributed by atoms with Crippen LogP contribution in [0.15, 0.2) is 78.4 Å². The summed E-state index contributed by atoms with van der Waals surface area (Å²) in [5.41, 5.74) is 3.84. The fourth-order valence-corrected chi connectivity index (χ4v) is 4.18. The number of amides is 1. The fourth-order valence-electron chi connectivity index (χ4n) is 4.18. The van der Waals surface area contributed by atoms with Crippen LogP contribution in [-0.4, -0.2) is 23.4 Å². The first-order valence-electron chi connectivity index (χ1n) is 11.4. The number of aliphatic hydroxyl groups excluding tert-OH is 1. The van der Waals surface area contributed by atoms with Crippen molar-refractivity contribution in [3.63, 3.8) is 0 Å². The van der Waals surface area contributed by atoms with Crippen molar-refractivity contribution < 1.29 is 19.4 Å². The molecule has 1 aliphatic rings. The monoisotopic (exact) mass is 455 g/mol. The molecular weight excluding hydrogens is 426 g/mol. The van der Waals surface area contributed by atoms with E-state index in [2.05, 4.69) is 13.8 Å². The lowest BCUT2D eigenvalue weighted by atomic mass is 9.94. The van der Waals surface area contributed by atoms with E-state index in [4.69, 9.17) is 4.74 Å². The maximum atomic E-state index is 13.3.